The van der Waals surface area contributed by atoms with Gasteiger partial charge in [-0.1, -0.05) is 6.42 Å². The van der Waals surface area contributed by atoms with Crippen molar-refractivity contribution in [3.05, 3.63) is 66.4 Å². The Bertz CT molecular complexity index is 1690. The zero-order valence-electron chi connectivity index (χ0n) is 22.0. The molecule has 204 valence electrons. The number of thiazole rings is 1. The van der Waals surface area contributed by atoms with Gasteiger partial charge in [0.15, 0.2) is 11.6 Å². The minimum atomic E-state index is -0.706. The van der Waals surface area contributed by atoms with Crippen LogP contribution in [0.1, 0.15) is 37.7 Å². The minimum absolute atomic E-state index is 0.126. The number of hydrogen-bond acceptors (Lipinski definition) is 9. The van der Waals surface area contributed by atoms with Crippen LogP contribution in [0.5, 0.6) is 11.6 Å². The number of amides is 1. The maximum absolute atomic E-state index is 15.3. The lowest BCUT2D eigenvalue weighted by Crippen LogP contribution is -2.37. The summed E-state index contributed by atoms with van der Waals surface area (Å²) >= 11 is 1.37. The summed E-state index contributed by atoms with van der Waals surface area (Å²) in [5, 5.41) is 1.63. The first-order valence-electron chi connectivity index (χ1n) is 13.0. The van der Waals surface area contributed by atoms with Gasteiger partial charge in [0.1, 0.15) is 11.1 Å². The molecule has 0 saturated heterocycles. The van der Waals surface area contributed by atoms with Crippen LogP contribution in [0.25, 0.3) is 31.8 Å². The van der Waals surface area contributed by atoms with Crippen molar-refractivity contribution in [1.82, 2.24) is 19.9 Å². The first kappa shape index (κ1) is 25.9. The smallest absolute Gasteiger partial charge is 0.448 e. The predicted octanol–water partition coefficient (Wildman–Crippen LogP) is 7.03. The van der Waals surface area contributed by atoms with Gasteiger partial charge in [-0.3, -0.25) is 4.98 Å². The van der Waals surface area contributed by atoms with Crippen LogP contribution in [-0.2, 0) is 4.74 Å². The number of fused-ring (bicyclic) bond motifs is 2. The lowest BCUT2D eigenvalue weighted by molar-refractivity contribution is 0.0647. The minimum Gasteiger partial charge on any atom is -0.480 e. The van der Waals surface area contributed by atoms with Crippen molar-refractivity contribution in [2.45, 2.75) is 45.1 Å². The average molecular weight is 560 g/mol. The Labute approximate surface area is 233 Å². The van der Waals surface area contributed by atoms with E-state index in [0.29, 0.717) is 37.8 Å². The number of pyridine rings is 1. The van der Waals surface area contributed by atoms with Crippen molar-refractivity contribution in [2.75, 3.05) is 12.2 Å². The lowest BCUT2D eigenvalue weighted by atomic mass is 9.98. The number of aryl methyl sites for hydroxylation is 1. The van der Waals surface area contributed by atoms with E-state index in [1.807, 2.05) is 19.1 Å². The maximum atomic E-state index is 15.3. The Morgan fingerprint density at radius 1 is 1.05 bits per heavy atom. The molecule has 3 aromatic heterocycles. The molecule has 0 atom stereocenters. The zero-order valence-corrected chi connectivity index (χ0v) is 22.8. The molecule has 2 aromatic carbocycles. The quantitative estimate of drug-likeness (QED) is 0.205. The van der Waals surface area contributed by atoms with Crippen LogP contribution in [0.4, 0.5) is 14.9 Å². The lowest BCUT2D eigenvalue weighted by Gasteiger charge is -2.26. The van der Waals surface area contributed by atoms with E-state index in [-0.39, 0.29) is 11.9 Å². The largest absolute Gasteiger partial charge is 0.480 e. The number of carbonyl (C=O) groups excluding carboxylic acids is 1. The number of benzene rings is 2. The maximum Gasteiger partial charge on any atom is 0.448 e. The predicted molar refractivity (Wildman–Crippen MR) is 150 cm³/mol. The van der Waals surface area contributed by atoms with Crippen molar-refractivity contribution >= 4 is 44.4 Å². The number of carbonyl (C=O) groups is 1. The average Bonchev–Trinajstić information content (AvgIpc) is 3.38. The third-order valence-electron chi connectivity index (χ3n) is 6.72. The first-order valence-corrected chi connectivity index (χ1v) is 13.8. The van der Waals surface area contributed by atoms with Crippen LogP contribution in [0.2, 0.25) is 0 Å². The molecule has 0 bridgehead atoms. The Kier molecular flexibility index (Phi) is 7.12. The normalized spacial score (nSPS) is 13.9. The van der Waals surface area contributed by atoms with E-state index < -0.39 is 11.9 Å². The van der Waals surface area contributed by atoms with Gasteiger partial charge < -0.3 is 14.3 Å². The van der Waals surface area contributed by atoms with E-state index in [4.69, 9.17) is 14.3 Å². The molecule has 1 aliphatic rings. The number of nitrogens with zero attached hydrogens (tertiary/aromatic N) is 5. The van der Waals surface area contributed by atoms with Crippen molar-refractivity contribution < 1.29 is 23.5 Å². The summed E-state index contributed by atoms with van der Waals surface area (Å²) in [5.74, 6) is -0.371. The van der Waals surface area contributed by atoms with Crippen molar-refractivity contribution in [2.24, 2.45) is 0 Å². The van der Waals surface area contributed by atoms with Crippen LogP contribution < -0.4 is 14.6 Å². The Hall–Kier alpha value is -4.38. The Morgan fingerprint density at radius 3 is 2.62 bits per heavy atom. The molecule has 1 aliphatic carbocycles. The van der Waals surface area contributed by atoms with Gasteiger partial charge in [0.25, 0.3) is 0 Å². The highest BCUT2D eigenvalue weighted by atomic mass is 32.1. The molecule has 40 heavy (non-hydrogen) atoms. The topological polar surface area (TPSA) is 99.6 Å². The highest BCUT2D eigenvalue weighted by Crippen LogP contribution is 2.37. The van der Waals surface area contributed by atoms with Crippen LogP contribution in [-0.4, -0.2) is 39.2 Å². The number of hydroxylamine groups is 1. The number of aromatic nitrogens is 4. The highest BCUT2D eigenvalue weighted by Gasteiger charge is 2.27. The third kappa shape index (κ3) is 5.24. The van der Waals surface area contributed by atoms with Crippen LogP contribution in [0.15, 0.2) is 55.0 Å². The van der Waals surface area contributed by atoms with Crippen molar-refractivity contribution in [3.63, 3.8) is 0 Å². The Morgan fingerprint density at radius 2 is 1.85 bits per heavy atom. The highest BCUT2D eigenvalue weighted by molar-refractivity contribution is 7.21. The van der Waals surface area contributed by atoms with Gasteiger partial charge in [-0.15, -0.1) is 16.4 Å². The van der Waals surface area contributed by atoms with E-state index >= 15 is 4.39 Å². The van der Waals surface area contributed by atoms with E-state index in [2.05, 4.69) is 19.9 Å². The molecule has 0 spiro atoms. The molecule has 0 aliphatic heterocycles. The second kappa shape index (κ2) is 11.0. The molecule has 11 heteroatoms. The number of hydrogen-bond donors (Lipinski definition) is 0. The number of anilines is 1. The number of ether oxygens (including phenoxy) is 2. The molecule has 6 rings (SSSR count). The monoisotopic (exact) mass is 559 g/mol. The van der Waals surface area contributed by atoms with Gasteiger partial charge in [0.2, 0.25) is 5.88 Å². The summed E-state index contributed by atoms with van der Waals surface area (Å²) in [5.41, 5.74) is 3.93. The molecular weight excluding hydrogens is 533 g/mol. The summed E-state index contributed by atoms with van der Waals surface area (Å²) in [6, 6.07) is 9.94. The number of halogens is 1. The van der Waals surface area contributed by atoms with E-state index in [9.17, 15) is 4.79 Å². The Balaban J connectivity index is 1.35. The molecular formula is C29H26FN5O4S. The molecule has 0 unspecified atom stereocenters. The van der Waals surface area contributed by atoms with Gasteiger partial charge in [0.05, 0.1) is 40.2 Å². The van der Waals surface area contributed by atoms with Crippen LogP contribution in [0.3, 0.4) is 0 Å². The van der Waals surface area contributed by atoms with E-state index in [0.717, 1.165) is 48.3 Å². The number of rotatable bonds is 6. The second-order valence-corrected chi connectivity index (χ2v) is 10.6. The molecule has 1 fully saturated rings. The summed E-state index contributed by atoms with van der Waals surface area (Å²) in [6.07, 6.45) is 8.43. The van der Waals surface area contributed by atoms with E-state index in [1.54, 1.807) is 31.5 Å². The van der Waals surface area contributed by atoms with Gasteiger partial charge >= 0.3 is 6.09 Å². The molecule has 5 aromatic rings. The molecule has 0 N–H and O–H groups in total. The van der Waals surface area contributed by atoms with Crippen LogP contribution in [0, 0.1) is 12.7 Å². The summed E-state index contributed by atoms with van der Waals surface area (Å²) in [4.78, 5) is 36.8. The third-order valence-corrected chi connectivity index (χ3v) is 7.77. The fourth-order valence-corrected chi connectivity index (χ4v) is 5.76. The molecule has 9 nitrogen and oxygen atoms in total. The molecule has 1 amide bonds. The first-order chi connectivity index (χ1) is 19.5. The van der Waals surface area contributed by atoms with Crippen molar-refractivity contribution in [1.29, 1.82) is 0 Å². The zero-order chi connectivity index (χ0) is 27.6. The molecule has 0 radical (unpaired) electrons. The molecule has 3 heterocycles. The van der Waals surface area contributed by atoms with Crippen molar-refractivity contribution in [3.8, 4) is 22.2 Å². The molecule has 1 saturated carbocycles. The van der Waals surface area contributed by atoms with Gasteiger partial charge in [-0.05, 0) is 62.4 Å². The van der Waals surface area contributed by atoms with Gasteiger partial charge in [0, 0.05) is 30.1 Å². The second-order valence-electron chi connectivity index (χ2n) is 9.60. The van der Waals surface area contributed by atoms with Crippen LogP contribution >= 0.6 is 11.3 Å². The summed E-state index contributed by atoms with van der Waals surface area (Å²) in [7, 11) is 1.54. The SMILES string of the molecule is COc1cnc2c(-c3nc4cc(F)c(ON(C(=O)OC5CCCCC5)c5ccncc5)cc4s3)cc(C)cc2n1. The standard InChI is InChI=1S/C29H26FN5O4S/c1-17-12-20(27-23(13-17)33-26(37-2)16-32-27)28-34-22-14-21(30)24(15-25(22)40-28)39-35(18-8-10-31-11-9-18)29(36)38-19-6-4-3-5-7-19/h8-16,19H,3-7H2,1-2H3. The van der Waals surface area contributed by atoms with Gasteiger partial charge in [-0.25, -0.2) is 24.1 Å². The van der Waals surface area contributed by atoms with Gasteiger partial charge in [-0.2, -0.15) is 0 Å². The summed E-state index contributed by atoms with van der Waals surface area (Å²) < 4.78 is 27.0. The van der Waals surface area contributed by atoms with E-state index in [1.165, 1.54) is 29.8 Å². The summed E-state index contributed by atoms with van der Waals surface area (Å²) in [6.45, 7) is 1.96. The number of methoxy groups -OCH3 is 1. The fraction of sp³-hybridized carbons (Fsp3) is 0.276. The fourth-order valence-electron chi connectivity index (χ4n) is 4.77.